The van der Waals surface area contributed by atoms with E-state index in [2.05, 4.69) is 5.10 Å². The highest BCUT2D eigenvalue weighted by Gasteiger charge is 2.35. The van der Waals surface area contributed by atoms with Crippen LogP contribution in [-0.2, 0) is 18.9 Å². The van der Waals surface area contributed by atoms with Crippen molar-refractivity contribution in [2.45, 2.75) is 25.8 Å². The predicted octanol–water partition coefficient (Wildman–Crippen LogP) is 0.785. The van der Waals surface area contributed by atoms with Gasteiger partial charge in [0.15, 0.2) is 0 Å². The average Bonchev–Trinajstić information content (AvgIpc) is 3.15. The van der Waals surface area contributed by atoms with E-state index in [1.807, 2.05) is 0 Å². The summed E-state index contributed by atoms with van der Waals surface area (Å²) in [6.45, 7) is 1.66. The molecule has 1 aliphatic rings. The fraction of sp³-hybridized carbons (Fsp3) is 0.333. The molecule has 0 bridgehead atoms. The summed E-state index contributed by atoms with van der Waals surface area (Å²) in [5.41, 5.74) is -0.916. The van der Waals surface area contributed by atoms with Gasteiger partial charge in [-0.15, -0.1) is 0 Å². The number of benzene rings is 1. The molecule has 1 atom stereocenters. The molecule has 11 heteroatoms. The lowest BCUT2D eigenvalue weighted by atomic mass is 9.99. The zero-order chi connectivity index (χ0) is 21.5. The van der Waals surface area contributed by atoms with E-state index in [9.17, 15) is 29.6 Å². The molecule has 2 aromatic rings. The van der Waals surface area contributed by atoms with E-state index in [4.69, 9.17) is 0 Å². The van der Waals surface area contributed by atoms with Gasteiger partial charge in [0, 0.05) is 39.1 Å². The number of hydrogen-bond acceptors (Lipinski definition) is 7. The Hall–Kier alpha value is -3.76. The number of hydrazone groups is 1. The van der Waals surface area contributed by atoms with Crippen LogP contribution in [0.3, 0.4) is 0 Å². The molecule has 0 aliphatic carbocycles. The molecule has 0 fully saturated rings. The standard InChI is InChI=1S/C18H19N5O6/c1-4-14(24)22-13(10-5-7-11(8-6-10)23(28)29)9-12(19-22)15-16(25)20(2)18(27)21(3)17(15)26/h5-8,13,25H,4,9H2,1-3H3/t13-/m0/s1. The number of carbonyl (C=O) groups is 1. The molecule has 0 spiro atoms. The van der Waals surface area contributed by atoms with E-state index in [1.165, 1.54) is 43.4 Å². The molecule has 3 rings (SSSR count). The van der Waals surface area contributed by atoms with Crippen molar-refractivity contribution >= 4 is 17.3 Å². The molecular weight excluding hydrogens is 382 g/mol. The first kappa shape index (κ1) is 20.0. The van der Waals surface area contributed by atoms with Crippen LogP contribution in [-0.4, -0.2) is 35.8 Å². The van der Waals surface area contributed by atoms with Gasteiger partial charge < -0.3 is 5.11 Å². The zero-order valence-corrected chi connectivity index (χ0v) is 16.0. The molecular formula is C18H19N5O6. The van der Waals surface area contributed by atoms with Crippen LogP contribution in [0.1, 0.15) is 36.9 Å². The highest BCUT2D eigenvalue weighted by atomic mass is 16.6. The Kier molecular flexibility index (Phi) is 5.06. The van der Waals surface area contributed by atoms with Crippen LogP contribution >= 0.6 is 0 Å². The number of amides is 1. The summed E-state index contributed by atoms with van der Waals surface area (Å²) < 4.78 is 1.77. The molecule has 29 heavy (non-hydrogen) atoms. The van der Waals surface area contributed by atoms with Gasteiger partial charge in [-0.05, 0) is 5.56 Å². The molecule has 2 heterocycles. The normalized spacial score (nSPS) is 16.0. The van der Waals surface area contributed by atoms with Gasteiger partial charge in [0.2, 0.25) is 11.8 Å². The summed E-state index contributed by atoms with van der Waals surface area (Å²) in [4.78, 5) is 47.3. The van der Waals surface area contributed by atoms with Crippen LogP contribution in [0.15, 0.2) is 39.0 Å². The number of aromatic nitrogens is 2. The first-order valence-electron chi connectivity index (χ1n) is 8.80. The van der Waals surface area contributed by atoms with Gasteiger partial charge >= 0.3 is 5.69 Å². The van der Waals surface area contributed by atoms with Crippen LogP contribution < -0.4 is 11.2 Å². The lowest BCUT2D eigenvalue weighted by Gasteiger charge is -2.21. The number of rotatable bonds is 4. The maximum Gasteiger partial charge on any atom is 0.333 e. The zero-order valence-electron chi connectivity index (χ0n) is 16.0. The Labute approximate surface area is 164 Å². The van der Waals surface area contributed by atoms with Crippen molar-refractivity contribution in [2.24, 2.45) is 19.2 Å². The van der Waals surface area contributed by atoms with Gasteiger partial charge in [0.05, 0.1) is 16.7 Å². The summed E-state index contributed by atoms with van der Waals surface area (Å²) in [5, 5.41) is 26.7. The third kappa shape index (κ3) is 3.30. The van der Waals surface area contributed by atoms with Crippen LogP contribution in [0, 0.1) is 10.1 Å². The third-order valence-electron chi connectivity index (χ3n) is 4.88. The molecule has 0 saturated heterocycles. The Balaban J connectivity index is 2.10. The van der Waals surface area contributed by atoms with Gasteiger partial charge in [-0.3, -0.25) is 28.8 Å². The van der Waals surface area contributed by atoms with Gasteiger partial charge in [0.1, 0.15) is 5.56 Å². The predicted molar refractivity (Wildman–Crippen MR) is 103 cm³/mol. The highest BCUT2D eigenvalue weighted by Crippen LogP contribution is 2.34. The van der Waals surface area contributed by atoms with Crippen molar-refractivity contribution in [1.82, 2.24) is 14.1 Å². The second-order valence-corrected chi connectivity index (χ2v) is 6.61. The monoisotopic (exact) mass is 401 g/mol. The molecule has 1 aromatic carbocycles. The number of nitrogens with zero attached hydrogens (tertiary/aromatic N) is 5. The number of nitro benzene ring substituents is 1. The maximum absolute atomic E-state index is 12.6. The first-order chi connectivity index (χ1) is 13.7. The maximum atomic E-state index is 12.6. The minimum Gasteiger partial charge on any atom is -0.494 e. The summed E-state index contributed by atoms with van der Waals surface area (Å²) >= 11 is 0. The van der Waals surface area contributed by atoms with Crippen molar-refractivity contribution in [3.05, 3.63) is 66.3 Å². The minimum absolute atomic E-state index is 0.0918. The summed E-state index contributed by atoms with van der Waals surface area (Å²) in [7, 11) is 2.60. The van der Waals surface area contributed by atoms with Crippen molar-refractivity contribution in [1.29, 1.82) is 0 Å². The molecule has 0 unspecified atom stereocenters. The molecule has 11 nitrogen and oxygen atoms in total. The van der Waals surface area contributed by atoms with Gasteiger partial charge in [0.25, 0.3) is 11.2 Å². The van der Waals surface area contributed by atoms with E-state index < -0.39 is 28.1 Å². The molecule has 0 saturated carbocycles. The fourth-order valence-corrected chi connectivity index (χ4v) is 3.22. The fourth-order valence-electron chi connectivity index (χ4n) is 3.22. The highest BCUT2D eigenvalue weighted by molar-refractivity contribution is 6.04. The lowest BCUT2D eigenvalue weighted by Crippen LogP contribution is -2.39. The topological polar surface area (TPSA) is 140 Å². The molecule has 1 N–H and O–H groups in total. The molecule has 1 aromatic heterocycles. The summed E-state index contributed by atoms with van der Waals surface area (Å²) in [5.74, 6) is -0.852. The molecule has 1 aliphatic heterocycles. The average molecular weight is 401 g/mol. The van der Waals surface area contributed by atoms with E-state index >= 15 is 0 Å². The van der Waals surface area contributed by atoms with Crippen LogP contribution in [0.5, 0.6) is 5.88 Å². The largest absolute Gasteiger partial charge is 0.494 e. The van der Waals surface area contributed by atoms with Crippen molar-refractivity contribution in [3.63, 3.8) is 0 Å². The number of nitro groups is 1. The van der Waals surface area contributed by atoms with Crippen LogP contribution in [0.25, 0.3) is 0 Å². The van der Waals surface area contributed by atoms with E-state index in [1.54, 1.807) is 6.92 Å². The van der Waals surface area contributed by atoms with E-state index in [-0.39, 0.29) is 35.7 Å². The van der Waals surface area contributed by atoms with E-state index in [0.29, 0.717) is 5.56 Å². The number of aromatic hydroxyl groups is 1. The Morgan fingerprint density at radius 2 is 1.86 bits per heavy atom. The quantitative estimate of drug-likeness (QED) is 0.593. The third-order valence-corrected chi connectivity index (χ3v) is 4.88. The summed E-state index contributed by atoms with van der Waals surface area (Å²) in [6.07, 6.45) is 0.252. The van der Waals surface area contributed by atoms with Crippen molar-refractivity contribution < 1.29 is 14.8 Å². The van der Waals surface area contributed by atoms with Crippen LogP contribution in [0.2, 0.25) is 0 Å². The SMILES string of the molecule is CCC(=O)N1N=C(c2c(O)n(C)c(=O)n(C)c2=O)C[C@H]1c1ccc([N+](=O)[O-])cc1. The summed E-state index contributed by atoms with van der Waals surface area (Å²) in [6, 6.07) is 5.10. The molecule has 0 radical (unpaired) electrons. The number of hydrogen-bond donors (Lipinski definition) is 1. The van der Waals surface area contributed by atoms with Gasteiger partial charge in [-0.25, -0.2) is 9.80 Å². The number of non-ortho nitro benzene ring substituents is 1. The van der Waals surface area contributed by atoms with E-state index in [0.717, 1.165) is 9.13 Å². The second-order valence-electron chi connectivity index (χ2n) is 6.61. The van der Waals surface area contributed by atoms with Crippen molar-refractivity contribution in [3.8, 4) is 5.88 Å². The second kappa shape index (κ2) is 7.34. The Bertz CT molecular complexity index is 1150. The number of carbonyl (C=O) groups excluding carboxylic acids is 1. The van der Waals surface area contributed by atoms with Gasteiger partial charge in [-0.2, -0.15) is 5.10 Å². The minimum atomic E-state index is -0.724. The molecule has 152 valence electrons. The Morgan fingerprint density at radius 3 is 2.41 bits per heavy atom. The Morgan fingerprint density at radius 1 is 1.24 bits per heavy atom. The first-order valence-corrected chi connectivity index (χ1v) is 8.80. The van der Waals surface area contributed by atoms with Gasteiger partial charge in [-0.1, -0.05) is 19.1 Å². The smallest absolute Gasteiger partial charge is 0.333 e. The van der Waals surface area contributed by atoms with Crippen LogP contribution in [0.4, 0.5) is 5.69 Å². The lowest BCUT2D eigenvalue weighted by molar-refractivity contribution is -0.384. The molecule has 1 amide bonds. The van der Waals surface area contributed by atoms with Crippen molar-refractivity contribution in [2.75, 3.05) is 0 Å².